The molecule has 0 radical (unpaired) electrons. The molecule has 0 bridgehead atoms. The van der Waals surface area contributed by atoms with E-state index in [9.17, 15) is 15.3 Å². The van der Waals surface area contributed by atoms with Gasteiger partial charge in [-0.25, -0.2) is 0 Å². The zero-order valence-corrected chi connectivity index (χ0v) is 63.7. The predicted octanol–water partition coefficient (Wildman–Crippen LogP) is 17.7. The minimum Gasteiger partial charge on any atom is -0.486 e. The van der Waals surface area contributed by atoms with Crippen molar-refractivity contribution in [1.29, 1.82) is 10.5 Å². The Morgan fingerprint density at radius 2 is 0.848 bits per heavy atom. The number of nitrogens with zero attached hydrogens (tertiary/aromatic N) is 5. The number of carbonyl (C=O) groups excluding carboxylic acids is 1. The van der Waals surface area contributed by atoms with E-state index in [1.807, 2.05) is 46.2 Å². The van der Waals surface area contributed by atoms with Crippen molar-refractivity contribution in [2.24, 2.45) is 5.73 Å². The molecule has 6 aromatic rings. The van der Waals surface area contributed by atoms with Gasteiger partial charge in [-0.15, -0.1) is 91.2 Å². The number of aldehydes is 1. The summed E-state index contributed by atoms with van der Waals surface area (Å²) in [6.07, 6.45) is 13.8. The standard InChI is InChI=1S/C27H36ClN3O2S3.C18H18N2OS3.C14H15NOS2.C10H22ClNO2/c1-27(2)21-16-20(35-24(21)25-22(27)17-23(36-25)31(3)4)15-19(18-29)26(34)30-10-12-33-14-13-32-11-8-6-5-7-9-28;1-18(2)12-7-11(6-10(9-19)17(22)21-5)23-15(12)16-13(18)8-14(24-16)20(3)4;1-14(2)9-5-8(7-16)17-12(9)13-10(14)6-11(18-13)15(3)4;11-5-3-1-2-4-7-13-9-10-14-8-6-12/h15-17H,5-14H2,1-4H3,(H,30,34);6-8H,1-5H3;5-7H,1-4H3;1-10,12H2/b19-15+;10-6+;;. The smallest absolute Gasteiger partial charge is 0.201 e. The minimum atomic E-state index is -0.0468. The maximum atomic E-state index is 11.0. The van der Waals surface area contributed by atoms with Gasteiger partial charge >= 0.3 is 0 Å². The second kappa shape index (κ2) is 36.8. The number of nitrogens with two attached hydrogens (primary N) is 1. The average molecular weight is 1440 g/mol. The Morgan fingerprint density at radius 1 is 0.511 bits per heavy atom. The number of hydrogen-bond donors (Lipinski definition) is 2. The normalized spacial score (nSPS) is 13.9. The molecule has 9 rings (SSSR count). The van der Waals surface area contributed by atoms with Crippen molar-refractivity contribution in [2.45, 2.75) is 109 Å². The lowest BCUT2D eigenvalue weighted by molar-refractivity contribution is 0.0483. The number of fused-ring (bicyclic) bond motifs is 9. The van der Waals surface area contributed by atoms with Crippen LogP contribution in [0, 0.1) is 22.7 Å². The number of alkyl halides is 2. The van der Waals surface area contributed by atoms with Crippen LogP contribution in [0.15, 0.2) is 47.5 Å². The molecule has 0 saturated heterocycles. The highest BCUT2D eigenvalue weighted by Crippen LogP contribution is 2.59. The number of hydrogen-bond acceptors (Lipinski definition) is 20. The first-order chi connectivity index (χ1) is 43.9. The molecule has 3 N–H and O–H groups in total. The summed E-state index contributed by atoms with van der Waals surface area (Å²) in [7, 11) is 13.9. The summed E-state index contributed by atoms with van der Waals surface area (Å²) in [4.78, 5) is 28.7. The molecule has 0 aromatic carbocycles. The maximum Gasteiger partial charge on any atom is 0.201 e. The molecule has 6 heterocycles. The molecular formula is C69H91Cl2N7O6S8. The molecule has 6 aromatic heterocycles. The summed E-state index contributed by atoms with van der Waals surface area (Å²) < 4.78 is 26.7. The molecular weight excluding hydrogens is 1350 g/mol. The molecule has 0 spiro atoms. The summed E-state index contributed by atoms with van der Waals surface area (Å²) in [6, 6.07) is 17.7. The Morgan fingerprint density at radius 3 is 1.21 bits per heavy atom. The first kappa shape index (κ1) is 76.9. The molecule has 0 amide bonds. The van der Waals surface area contributed by atoms with Crippen LogP contribution in [0.1, 0.15) is 146 Å². The average Bonchev–Trinajstić information content (AvgIpc) is 1.60. The van der Waals surface area contributed by atoms with Gasteiger partial charge in [0.15, 0.2) is 6.29 Å². The van der Waals surface area contributed by atoms with Crippen molar-refractivity contribution in [3.05, 3.63) is 95.6 Å². The number of ether oxygens (including phenoxy) is 5. The highest BCUT2D eigenvalue weighted by atomic mass is 35.5. The van der Waals surface area contributed by atoms with Gasteiger partial charge in [0.25, 0.3) is 0 Å². The number of methoxy groups -OCH3 is 1. The fraction of sp³-hybridized carbons (Fsp3) is 0.522. The summed E-state index contributed by atoms with van der Waals surface area (Å²) in [6.45, 7) is 19.9. The van der Waals surface area contributed by atoms with E-state index in [4.69, 9.17) is 77.1 Å². The van der Waals surface area contributed by atoms with Crippen molar-refractivity contribution in [3.8, 4) is 41.4 Å². The lowest BCUT2D eigenvalue weighted by Crippen LogP contribution is -2.27. The summed E-state index contributed by atoms with van der Waals surface area (Å²) in [5, 5.41) is 26.2. The van der Waals surface area contributed by atoms with Gasteiger partial charge in [0.05, 0.1) is 86.8 Å². The number of nitriles is 2. The van der Waals surface area contributed by atoms with Crippen molar-refractivity contribution >= 4 is 159 Å². The van der Waals surface area contributed by atoms with Crippen LogP contribution in [-0.2, 0) is 39.9 Å². The summed E-state index contributed by atoms with van der Waals surface area (Å²) in [5.41, 5.74) is 14.2. The van der Waals surface area contributed by atoms with E-state index in [-0.39, 0.29) is 21.3 Å². The number of thiocarbonyl (C=S) groups is 2. The molecule has 0 saturated carbocycles. The molecule has 3 aliphatic carbocycles. The van der Waals surface area contributed by atoms with Gasteiger partial charge in [-0.2, -0.15) is 10.5 Å². The molecule has 0 fully saturated rings. The predicted molar refractivity (Wildman–Crippen MR) is 406 cm³/mol. The molecule has 23 heteroatoms. The summed E-state index contributed by atoms with van der Waals surface area (Å²) in [5.74, 6) is 1.51. The highest BCUT2D eigenvalue weighted by Gasteiger charge is 2.42. The lowest BCUT2D eigenvalue weighted by Gasteiger charge is -2.19. The molecule has 13 nitrogen and oxygen atoms in total. The first-order valence-electron chi connectivity index (χ1n) is 31.0. The molecule has 92 heavy (non-hydrogen) atoms. The largest absolute Gasteiger partial charge is 0.486 e. The quantitative estimate of drug-likeness (QED) is 0.0106. The Labute approximate surface area is 592 Å². The Kier molecular flexibility index (Phi) is 30.8. The lowest BCUT2D eigenvalue weighted by atomic mass is 9.84. The van der Waals surface area contributed by atoms with Crippen LogP contribution in [0.2, 0.25) is 0 Å². The van der Waals surface area contributed by atoms with Crippen LogP contribution in [0.4, 0.5) is 15.0 Å². The number of thiophene rings is 6. The van der Waals surface area contributed by atoms with Crippen LogP contribution >= 0.6 is 116 Å². The van der Waals surface area contributed by atoms with Crippen molar-refractivity contribution in [2.75, 3.05) is 142 Å². The third-order valence-electron chi connectivity index (χ3n) is 15.9. The van der Waals surface area contributed by atoms with Gasteiger partial charge in [0.1, 0.15) is 22.7 Å². The van der Waals surface area contributed by atoms with Crippen molar-refractivity contribution in [1.82, 2.24) is 5.32 Å². The fourth-order valence-electron chi connectivity index (χ4n) is 10.5. The van der Waals surface area contributed by atoms with Gasteiger partial charge in [0, 0.05) is 121 Å². The van der Waals surface area contributed by atoms with Crippen LogP contribution in [0.25, 0.3) is 41.4 Å². The van der Waals surface area contributed by atoms with E-state index in [0.717, 1.165) is 84.4 Å². The maximum absolute atomic E-state index is 11.0. The number of unbranched alkanes of at least 4 members (excludes halogenated alkanes) is 6. The third-order valence-corrected chi connectivity index (χ3v) is 24.8. The van der Waals surface area contributed by atoms with Crippen molar-refractivity contribution in [3.63, 3.8) is 0 Å². The third kappa shape index (κ3) is 19.8. The minimum absolute atomic E-state index is 0.0210. The van der Waals surface area contributed by atoms with Gasteiger partial charge in [-0.1, -0.05) is 79.4 Å². The van der Waals surface area contributed by atoms with Gasteiger partial charge in [-0.05, 0) is 120 Å². The highest BCUT2D eigenvalue weighted by molar-refractivity contribution is 7.81. The Balaban J connectivity index is 0.000000208. The molecule has 0 aliphatic heterocycles. The zero-order chi connectivity index (χ0) is 67.3. The summed E-state index contributed by atoms with van der Waals surface area (Å²) >= 11 is 32.3. The molecule has 500 valence electrons. The number of anilines is 3. The SMILES string of the molecule is CN(C)c1cc2c(s1)-c1sc(/C=C(\C#N)C(=S)NCCOCCOCCCCCCCl)cc1C2(C)C.CN(C)c1cc2c(s1)-c1sc(C=O)cc1C2(C)C.COC(=S)/C(C#N)=C/c1cc2c(s1)-c1sc(N(C)C)cc1C2(C)C.NCCOCCOCCCCCCCl. The van der Waals surface area contributed by atoms with E-state index in [2.05, 4.69) is 152 Å². The van der Waals surface area contributed by atoms with Gasteiger partial charge in [-0.3, -0.25) is 4.79 Å². The monoisotopic (exact) mass is 1440 g/mol. The Bertz CT molecular complexity index is 3540. The van der Waals surface area contributed by atoms with Crippen LogP contribution in [0.3, 0.4) is 0 Å². The molecule has 3 aliphatic rings. The van der Waals surface area contributed by atoms with E-state index in [1.165, 1.54) is 97.6 Å². The zero-order valence-electron chi connectivity index (χ0n) is 55.6. The number of rotatable bonds is 31. The van der Waals surface area contributed by atoms with Crippen LogP contribution in [0.5, 0.6) is 0 Å². The number of nitrogens with one attached hydrogen (secondary N) is 1. The molecule has 0 atom stereocenters. The van der Waals surface area contributed by atoms with Gasteiger partial charge in [0.2, 0.25) is 5.05 Å². The topological polar surface area (TPSA) is 159 Å². The van der Waals surface area contributed by atoms with E-state index >= 15 is 0 Å². The first-order valence-corrected chi connectivity index (χ1v) is 37.8. The fourth-order valence-corrected chi connectivity index (χ4v) is 19.0. The van der Waals surface area contributed by atoms with Crippen LogP contribution < -0.4 is 25.8 Å². The van der Waals surface area contributed by atoms with E-state index in [0.29, 0.717) is 68.9 Å². The Hall–Kier alpha value is -4.11. The van der Waals surface area contributed by atoms with Crippen molar-refractivity contribution < 1.29 is 28.5 Å². The molecule has 0 unspecified atom stereocenters. The number of carbonyl (C=O) groups is 1. The van der Waals surface area contributed by atoms with E-state index in [1.54, 1.807) is 34.0 Å². The van der Waals surface area contributed by atoms with Crippen LogP contribution in [-0.4, -0.2) is 143 Å². The van der Waals surface area contributed by atoms with Gasteiger partial charge < -0.3 is 49.4 Å². The number of halogens is 2. The second-order valence-electron chi connectivity index (χ2n) is 24.4. The second-order valence-corrected chi connectivity index (χ2v) is 32.2. The van der Waals surface area contributed by atoms with E-state index < -0.39 is 0 Å².